The average Bonchev–Trinajstić information content (AvgIpc) is 2.64. The fourth-order valence-electron chi connectivity index (χ4n) is 2.93. The molecule has 0 aliphatic rings. The summed E-state index contributed by atoms with van der Waals surface area (Å²) in [5.41, 5.74) is 32.6. The predicted octanol–water partition coefficient (Wildman–Crippen LogP) is -6.45. The Labute approximate surface area is 159 Å². The molecule has 3 unspecified atom stereocenters. The lowest BCUT2D eigenvalue weighted by Crippen LogP contribution is -2.74. The summed E-state index contributed by atoms with van der Waals surface area (Å²) < 4.78 is 0. The fraction of sp³-hybridized carbons (Fsp3) is 1.00. The maximum Gasteiger partial charge on any atom is 0.0968 e. The molecule has 0 aromatic heterocycles. The molecule has 0 spiro atoms. The van der Waals surface area contributed by atoms with Gasteiger partial charge in [-0.25, -0.2) is 0 Å². The highest BCUT2D eigenvalue weighted by Gasteiger charge is 2.48. The van der Waals surface area contributed by atoms with Gasteiger partial charge in [-0.05, 0) is 19.4 Å². The molecule has 27 heavy (non-hydrogen) atoms. The van der Waals surface area contributed by atoms with Crippen LogP contribution < -0.4 is 34.4 Å². The zero-order valence-corrected chi connectivity index (χ0v) is 15.5. The summed E-state index contributed by atoms with van der Waals surface area (Å²) in [4.78, 5) is 0. The van der Waals surface area contributed by atoms with Crippen LogP contribution in [0.5, 0.6) is 0 Å². The van der Waals surface area contributed by atoms with Gasteiger partial charge in [0.2, 0.25) is 0 Å². The topological polar surface area (TPSA) is 278 Å². The standard InChI is InChI=1S/C15H38N6O6/c16-2-1-8(23)12(27)14(20)15(21,4-10(25)11(26)6-18)13(19)9(24)3-7(22)5-17/h7-14,22-27H,1-6,16-21H2/t7-,8-,9+,10+,11+,12+,13?,14?,15?/m0/s1. The monoisotopic (exact) mass is 398 g/mol. The Kier molecular flexibility index (Phi) is 11.9. The third-order valence-electron chi connectivity index (χ3n) is 4.91. The van der Waals surface area contributed by atoms with Gasteiger partial charge in [-0.3, -0.25) is 0 Å². The van der Waals surface area contributed by atoms with Crippen molar-refractivity contribution in [3.05, 3.63) is 0 Å². The molecule has 164 valence electrons. The van der Waals surface area contributed by atoms with E-state index >= 15 is 0 Å². The maximum atomic E-state index is 10.3. The maximum absolute atomic E-state index is 10.3. The van der Waals surface area contributed by atoms with Crippen molar-refractivity contribution in [2.45, 2.75) is 73.5 Å². The molecule has 12 nitrogen and oxygen atoms in total. The van der Waals surface area contributed by atoms with E-state index in [0.717, 1.165) is 0 Å². The summed E-state index contributed by atoms with van der Waals surface area (Å²) in [5.74, 6) is 0. The number of hydrogen-bond donors (Lipinski definition) is 12. The second kappa shape index (κ2) is 12.2. The molecule has 0 aliphatic carbocycles. The van der Waals surface area contributed by atoms with Crippen molar-refractivity contribution in [2.75, 3.05) is 19.6 Å². The van der Waals surface area contributed by atoms with Crippen molar-refractivity contribution < 1.29 is 30.6 Å². The molecule has 0 aromatic rings. The molecule has 0 saturated heterocycles. The summed E-state index contributed by atoms with van der Waals surface area (Å²) in [6.07, 6.45) is -8.76. The third-order valence-corrected chi connectivity index (χ3v) is 4.91. The molecule has 0 bridgehead atoms. The smallest absolute Gasteiger partial charge is 0.0968 e. The third kappa shape index (κ3) is 7.45. The van der Waals surface area contributed by atoms with Crippen LogP contribution >= 0.6 is 0 Å². The molecule has 0 saturated carbocycles. The Morgan fingerprint density at radius 3 is 1.70 bits per heavy atom. The van der Waals surface area contributed by atoms with Gasteiger partial charge in [0.15, 0.2) is 0 Å². The first-order valence-corrected chi connectivity index (χ1v) is 8.94. The Morgan fingerprint density at radius 2 is 1.26 bits per heavy atom. The van der Waals surface area contributed by atoms with E-state index < -0.39 is 60.7 Å². The number of aliphatic hydroxyl groups excluding tert-OH is 6. The van der Waals surface area contributed by atoms with Crippen molar-refractivity contribution in [2.24, 2.45) is 34.4 Å². The first kappa shape index (κ1) is 26.5. The highest BCUT2D eigenvalue weighted by molar-refractivity contribution is 5.09. The van der Waals surface area contributed by atoms with Crippen LogP contribution in [0.25, 0.3) is 0 Å². The molecule has 0 heterocycles. The van der Waals surface area contributed by atoms with E-state index in [1.165, 1.54) is 0 Å². The van der Waals surface area contributed by atoms with Gasteiger partial charge >= 0.3 is 0 Å². The first-order chi connectivity index (χ1) is 12.5. The summed E-state index contributed by atoms with van der Waals surface area (Å²) in [5, 5.41) is 60.2. The second-order valence-electron chi connectivity index (χ2n) is 7.07. The van der Waals surface area contributed by atoms with E-state index in [2.05, 4.69) is 0 Å². The van der Waals surface area contributed by atoms with E-state index in [0.29, 0.717) is 0 Å². The number of rotatable bonds is 14. The largest absolute Gasteiger partial charge is 0.392 e. The van der Waals surface area contributed by atoms with Gasteiger partial charge in [0.05, 0.1) is 54.2 Å². The molecule has 12 heteroatoms. The molecule has 0 rings (SSSR count). The molecule has 0 aliphatic heterocycles. The summed E-state index contributed by atoms with van der Waals surface area (Å²) in [6, 6.07) is -2.74. The van der Waals surface area contributed by atoms with Gasteiger partial charge in [-0.15, -0.1) is 0 Å². The van der Waals surface area contributed by atoms with Gasteiger partial charge in [0.25, 0.3) is 0 Å². The first-order valence-electron chi connectivity index (χ1n) is 8.94. The molecule has 0 aromatic carbocycles. The molecule has 0 fully saturated rings. The predicted molar refractivity (Wildman–Crippen MR) is 99.9 cm³/mol. The quantitative estimate of drug-likeness (QED) is 0.130. The van der Waals surface area contributed by atoms with Crippen LogP contribution in [0, 0.1) is 0 Å². The molecular formula is C15H38N6O6. The Bertz CT molecular complexity index is 411. The van der Waals surface area contributed by atoms with Crippen molar-refractivity contribution in [3.8, 4) is 0 Å². The van der Waals surface area contributed by atoms with E-state index in [4.69, 9.17) is 34.4 Å². The van der Waals surface area contributed by atoms with Gasteiger partial charge in [0, 0.05) is 19.5 Å². The van der Waals surface area contributed by atoms with Crippen LogP contribution in [-0.2, 0) is 0 Å². The minimum Gasteiger partial charge on any atom is -0.392 e. The van der Waals surface area contributed by atoms with Crippen molar-refractivity contribution in [1.82, 2.24) is 0 Å². The van der Waals surface area contributed by atoms with Gasteiger partial charge in [0.1, 0.15) is 0 Å². The van der Waals surface area contributed by atoms with Crippen LogP contribution in [0.4, 0.5) is 0 Å². The molecular weight excluding hydrogens is 360 g/mol. The van der Waals surface area contributed by atoms with Crippen molar-refractivity contribution in [3.63, 3.8) is 0 Å². The Hall–Kier alpha value is -0.480. The minimum atomic E-state index is -1.84. The Balaban J connectivity index is 5.64. The van der Waals surface area contributed by atoms with Gasteiger partial charge in [-0.1, -0.05) is 0 Å². The van der Waals surface area contributed by atoms with Crippen LogP contribution in [0.1, 0.15) is 19.3 Å². The van der Waals surface area contributed by atoms with E-state index in [9.17, 15) is 30.6 Å². The number of aliphatic hydroxyl groups is 6. The molecule has 0 radical (unpaired) electrons. The SMILES string of the molecule is NCC[C@H](O)[C@@H](O)C(N)C(N)(C[C@@H](O)[C@H](O)CN)C(N)[C@H](O)C[C@H](O)CN. The lowest BCUT2D eigenvalue weighted by atomic mass is 9.73. The van der Waals surface area contributed by atoms with Crippen molar-refractivity contribution >= 4 is 0 Å². The summed E-state index contributed by atoms with van der Waals surface area (Å²) in [6.45, 7) is -0.317. The van der Waals surface area contributed by atoms with E-state index in [1.54, 1.807) is 0 Å². The number of hydrogen-bond acceptors (Lipinski definition) is 12. The average molecular weight is 399 g/mol. The van der Waals surface area contributed by atoms with Crippen LogP contribution in [0.2, 0.25) is 0 Å². The van der Waals surface area contributed by atoms with E-state index in [-0.39, 0.29) is 32.5 Å². The second-order valence-corrected chi connectivity index (χ2v) is 7.07. The fourth-order valence-corrected chi connectivity index (χ4v) is 2.93. The van der Waals surface area contributed by atoms with Crippen molar-refractivity contribution in [1.29, 1.82) is 0 Å². The zero-order valence-electron chi connectivity index (χ0n) is 15.5. The normalized spacial score (nSPS) is 23.6. The molecule has 18 N–H and O–H groups in total. The van der Waals surface area contributed by atoms with Gasteiger partial charge < -0.3 is 65.0 Å². The lowest BCUT2D eigenvalue weighted by molar-refractivity contribution is -0.0531. The highest BCUT2D eigenvalue weighted by atomic mass is 16.3. The number of nitrogens with two attached hydrogens (primary N) is 6. The summed E-state index contributed by atoms with van der Waals surface area (Å²) in [7, 11) is 0. The lowest BCUT2D eigenvalue weighted by Gasteiger charge is -2.46. The van der Waals surface area contributed by atoms with Crippen LogP contribution in [0.3, 0.4) is 0 Å². The van der Waals surface area contributed by atoms with Gasteiger partial charge in [-0.2, -0.15) is 0 Å². The van der Waals surface area contributed by atoms with E-state index in [1.807, 2.05) is 0 Å². The summed E-state index contributed by atoms with van der Waals surface area (Å²) >= 11 is 0. The van der Waals surface area contributed by atoms with Crippen LogP contribution in [0.15, 0.2) is 0 Å². The highest BCUT2D eigenvalue weighted by Crippen LogP contribution is 2.25. The Morgan fingerprint density at radius 1 is 0.704 bits per heavy atom. The van der Waals surface area contributed by atoms with Crippen LogP contribution in [-0.4, -0.2) is 105 Å². The zero-order chi connectivity index (χ0) is 21.4. The minimum absolute atomic E-state index is 0.0304. The molecule has 9 atom stereocenters. The molecule has 0 amide bonds.